The highest BCUT2D eigenvalue weighted by atomic mass is 79.9. The number of halogens is 1. The molecule has 0 atom stereocenters. The minimum absolute atomic E-state index is 0.0749. The quantitative estimate of drug-likeness (QED) is 0.900. The van der Waals surface area contributed by atoms with Crippen LogP contribution in [-0.4, -0.2) is 19.0 Å². The van der Waals surface area contributed by atoms with Crippen molar-refractivity contribution < 1.29 is 4.79 Å². The molecule has 2 aromatic carbocycles. The predicted molar refractivity (Wildman–Crippen MR) is 90.0 cm³/mol. The molecule has 0 bridgehead atoms. The third-order valence-corrected chi connectivity index (χ3v) is 4.23. The number of hydrogen-bond acceptors (Lipinski definition) is 2. The lowest BCUT2D eigenvalue weighted by Crippen LogP contribution is -2.21. The van der Waals surface area contributed by atoms with Crippen molar-refractivity contribution in [3.63, 3.8) is 0 Å². The first-order valence-corrected chi connectivity index (χ1v) is 7.94. The summed E-state index contributed by atoms with van der Waals surface area (Å²) in [6, 6.07) is 15.4. The molecule has 108 valence electrons. The molecule has 1 saturated heterocycles. The first-order chi connectivity index (χ1) is 10.2. The van der Waals surface area contributed by atoms with Crippen LogP contribution in [0.2, 0.25) is 0 Å². The lowest BCUT2D eigenvalue weighted by atomic mass is 10.2. The fourth-order valence-electron chi connectivity index (χ4n) is 2.61. The molecule has 0 unspecified atom stereocenters. The molecule has 1 heterocycles. The van der Waals surface area contributed by atoms with Gasteiger partial charge in [-0.25, -0.2) is 0 Å². The predicted octanol–water partition coefficient (Wildman–Crippen LogP) is 4.30. The van der Waals surface area contributed by atoms with Gasteiger partial charge >= 0.3 is 0 Å². The molecule has 0 spiro atoms. The molecule has 0 saturated carbocycles. The number of carbonyl (C=O) groups excluding carboxylic acids is 1. The molecule has 21 heavy (non-hydrogen) atoms. The number of nitrogens with one attached hydrogen (secondary N) is 1. The molecule has 2 aromatic rings. The molecular formula is C17H17BrN2O. The van der Waals surface area contributed by atoms with E-state index >= 15 is 0 Å². The third-order valence-electron chi connectivity index (χ3n) is 3.71. The fraction of sp³-hybridized carbons (Fsp3) is 0.235. The summed E-state index contributed by atoms with van der Waals surface area (Å²) in [4.78, 5) is 14.7. The van der Waals surface area contributed by atoms with Gasteiger partial charge in [0.05, 0.1) is 11.4 Å². The largest absolute Gasteiger partial charge is 0.370 e. The number of hydrogen-bond donors (Lipinski definition) is 1. The van der Waals surface area contributed by atoms with Crippen LogP contribution in [0.1, 0.15) is 23.2 Å². The Kier molecular flexibility index (Phi) is 4.25. The van der Waals surface area contributed by atoms with Crippen molar-refractivity contribution in [1.29, 1.82) is 0 Å². The van der Waals surface area contributed by atoms with Gasteiger partial charge in [0.15, 0.2) is 0 Å². The second kappa shape index (κ2) is 6.31. The number of rotatable bonds is 3. The van der Waals surface area contributed by atoms with Gasteiger partial charge in [0.2, 0.25) is 0 Å². The normalized spacial score (nSPS) is 14.2. The molecule has 0 radical (unpaired) electrons. The number of amides is 1. The minimum Gasteiger partial charge on any atom is -0.370 e. The van der Waals surface area contributed by atoms with E-state index in [4.69, 9.17) is 0 Å². The first kappa shape index (κ1) is 14.1. The second-order valence-electron chi connectivity index (χ2n) is 5.17. The average molecular weight is 345 g/mol. The van der Waals surface area contributed by atoms with E-state index in [0.717, 1.165) is 28.9 Å². The lowest BCUT2D eigenvalue weighted by Gasteiger charge is -2.21. The molecule has 0 aromatic heterocycles. The van der Waals surface area contributed by atoms with Gasteiger partial charge in [-0.1, -0.05) is 28.1 Å². The van der Waals surface area contributed by atoms with Gasteiger partial charge in [0.25, 0.3) is 5.91 Å². The van der Waals surface area contributed by atoms with Gasteiger partial charge in [-0.2, -0.15) is 0 Å². The molecule has 1 N–H and O–H groups in total. The van der Waals surface area contributed by atoms with E-state index in [1.165, 1.54) is 12.8 Å². The Balaban J connectivity index is 1.81. The molecule has 1 fully saturated rings. The van der Waals surface area contributed by atoms with Crippen molar-refractivity contribution in [3.05, 3.63) is 58.6 Å². The Morgan fingerprint density at radius 3 is 2.38 bits per heavy atom. The number of benzene rings is 2. The smallest absolute Gasteiger partial charge is 0.255 e. The van der Waals surface area contributed by atoms with Gasteiger partial charge in [-0.15, -0.1) is 0 Å². The van der Waals surface area contributed by atoms with Crippen LogP contribution >= 0.6 is 15.9 Å². The maximum Gasteiger partial charge on any atom is 0.255 e. The van der Waals surface area contributed by atoms with Crippen molar-refractivity contribution in [1.82, 2.24) is 0 Å². The Morgan fingerprint density at radius 2 is 1.67 bits per heavy atom. The highest BCUT2D eigenvalue weighted by Gasteiger charge is 2.16. The van der Waals surface area contributed by atoms with E-state index in [9.17, 15) is 4.79 Å². The molecule has 0 aliphatic carbocycles. The number of nitrogens with zero attached hydrogens (tertiary/aromatic N) is 1. The summed E-state index contributed by atoms with van der Waals surface area (Å²) in [5.74, 6) is -0.0749. The van der Waals surface area contributed by atoms with Crippen LogP contribution in [0.4, 0.5) is 11.4 Å². The van der Waals surface area contributed by atoms with Gasteiger partial charge in [-0.3, -0.25) is 4.79 Å². The Morgan fingerprint density at radius 1 is 1.00 bits per heavy atom. The van der Waals surface area contributed by atoms with Gasteiger partial charge < -0.3 is 10.2 Å². The fourth-order valence-corrected chi connectivity index (χ4v) is 2.87. The number of para-hydroxylation sites is 2. The summed E-state index contributed by atoms with van der Waals surface area (Å²) >= 11 is 3.38. The summed E-state index contributed by atoms with van der Waals surface area (Å²) in [7, 11) is 0. The maximum absolute atomic E-state index is 12.3. The molecule has 4 heteroatoms. The van der Waals surface area contributed by atoms with E-state index in [2.05, 4.69) is 32.2 Å². The topological polar surface area (TPSA) is 32.3 Å². The summed E-state index contributed by atoms with van der Waals surface area (Å²) in [6.45, 7) is 2.12. The van der Waals surface area contributed by atoms with E-state index in [1.54, 1.807) is 0 Å². The summed E-state index contributed by atoms with van der Waals surface area (Å²) < 4.78 is 0.969. The van der Waals surface area contributed by atoms with Crippen LogP contribution in [0.3, 0.4) is 0 Å². The van der Waals surface area contributed by atoms with Crippen molar-refractivity contribution in [2.75, 3.05) is 23.3 Å². The zero-order valence-corrected chi connectivity index (χ0v) is 13.3. The standard InChI is InChI=1S/C17H17BrN2O/c18-14-9-7-13(8-10-14)17(21)19-15-5-1-2-6-16(15)20-11-3-4-12-20/h1-2,5-10H,3-4,11-12H2,(H,19,21). The summed E-state index contributed by atoms with van der Waals surface area (Å²) in [6.07, 6.45) is 2.43. The van der Waals surface area contributed by atoms with E-state index in [-0.39, 0.29) is 5.91 Å². The van der Waals surface area contributed by atoms with Crippen LogP contribution in [-0.2, 0) is 0 Å². The van der Waals surface area contributed by atoms with Crippen LogP contribution in [0.15, 0.2) is 53.0 Å². The molecule has 1 amide bonds. The SMILES string of the molecule is O=C(Nc1ccccc1N1CCCC1)c1ccc(Br)cc1. The molecule has 3 nitrogen and oxygen atoms in total. The van der Waals surface area contributed by atoms with E-state index in [1.807, 2.05) is 42.5 Å². The highest BCUT2D eigenvalue weighted by Crippen LogP contribution is 2.29. The van der Waals surface area contributed by atoms with Crippen LogP contribution in [0.5, 0.6) is 0 Å². The van der Waals surface area contributed by atoms with Crippen molar-refractivity contribution in [2.24, 2.45) is 0 Å². The monoisotopic (exact) mass is 344 g/mol. The average Bonchev–Trinajstić information content (AvgIpc) is 3.02. The third kappa shape index (κ3) is 3.27. The van der Waals surface area contributed by atoms with Crippen molar-refractivity contribution >= 4 is 33.2 Å². The Bertz CT molecular complexity index is 633. The summed E-state index contributed by atoms with van der Waals surface area (Å²) in [5.41, 5.74) is 2.65. The van der Waals surface area contributed by atoms with E-state index < -0.39 is 0 Å². The van der Waals surface area contributed by atoms with Gasteiger partial charge in [0.1, 0.15) is 0 Å². The molecule has 1 aliphatic heterocycles. The molecule has 1 aliphatic rings. The van der Waals surface area contributed by atoms with Crippen LogP contribution in [0.25, 0.3) is 0 Å². The number of carbonyl (C=O) groups is 1. The summed E-state index contributed by atoms with van der Waals surface area (Å²) in [5, 5.41) is 3.03. The first-order valence-electron chi connectivity index (χ1n) is 7.15. The van der Waals surface area contributed by atoms with Crippen molar-refractivity contribution in [2.45, 2.75) is 12.8 Å². The zero-order valence-electron chi connectivity index (χ0n) is 11.7. The zero-order chi connectivity index (χ0) is 14.7. The lowest BCUT2D eigenvalue weighted by molar-refractivity contribution is 0.102. The molecule has 3 rings (SSSR count). The van der Waals surface area contributed by atoms with Crippen molar-refractivity contribution in [3.8, 4) is 0 Å². The maximum atomic E-state index is 12.3. The van der Waals surface area contributed by atoms with E-state index in [0.29, 0.717) is 5.56 Å². The Labute approximate surface area is 133 Å². The van der Waals surface area contributed by atoms with Crippen LogP contribution < -0.4 is 10.2 Å². The Hall–Kier alpha value is -1.81. The van der Waals surface area contributed by atoms with Gasteiger partial charge in [0, 0.05) is 23.1 Å². The minimum atomic E-state index is -0.0749. The number of anilines is 2. The van der Waals surface area contributed by atoms with Gasteiger partial charge in [-0.05, 0) is 49.2 Å². The molecular weight excluding hydrogens is 328 g/mol. The highest BCUT2D eigenvalue weighted by molar-refractivity contribution is 9.10. The van der Waals surface area contributed by atoms with Crippen LogP contribution in [0, 0.1) is 0 Å². The second-order valence-corrected chi connectivity index (χ2v) is 6.09.